The van der Waals surface area contributed by atoms with E-state index in [2.05, 4.69) is 46.5 Å². The van der Waals surface area contributed by atoms with Crippen molar-refractivity contribution in [2.45, 2.75) is 76.4 Å². The van der Waals surface area contributed by atoms with E-state index in [1.807, 2.05) is 0 Å². The number of fused-ring (bicyclic) bond motifs is 1. The third-order valence-electron chi connectivity index (χ3n) is 7.76. The highest BCUT2D eigenvalue weighted by Gasteiger charge is 2.33. The van der Waals surface area contributed by atoms with Crippen LogP contribution in [0.15, 0.2) is 35.3 Å². The average molecular weight is 471 g/mol. The van der Waals surface area contributed by atoms with Gasteiger partial charge in [0.15, 0.2) is 0 Å². The molecule has 0 amide bonds. The molecule has 7 heteroatoms. The minimum absolute atomic E-state index is 0.113. The highest BCUT2D eigenvalue weighted by atomic mass is 35.5. The molecule has 1 saturated carbocycles. The van der Waals surface area contributed by atoms with Crippen LogP contribution < -0.4 is 15.8 Å². The lowest BCUT2D eigenvalue weighted by Gasteiger charge is -2.45. The zero-order chi connectivity index (χ0) is 22.8. The molecule has 1 N–H and O–H groups in total. The number of aryl methyl sites for hydroxylation is 1. The Labute approximate surface area is 201 Å². The number of nitrogens with one attached hydrogen (secondary N) is 1. The molecule has 3 heterocycles. The molecule has 0 bridgehead atoms. The second-order valence-corrected chi connectivity index (χ2v) is 10.4. The molecule has 33 heavy (non-hydrogen) atoms. The second kappa shape index (κ2) is 10.1. The number of nitrogens with zero attached hydrogens (tertiary/aromatic N) is 3. The van der Waals surface area contributed by atoms with Crippen LogP contribution in [0.5, 0.6) is 0 Å². The van der Waals surface area contributed by atoms with E-state index < -0.39 is 0 Å². The summed E-state index contributed by atoms with van der Waals surface area (Å²) < 4.78 is 7.17. The second-order valence-electron chi connectivity index (χ2n) is 9.97. The maximum atomic E-state index is 13.0. The molecule has 1 saturated heterocycles. The van der Waals surface area contributed by atoms with Gasteiger partial charge in [0, 0.05) is 30.9 Å². The van der Waals surface area contributed by atoms with Gasteiger partial charge in [0.2, 0.25) is 0 Å². The number of halogens is 1. The zero-order valence-corrected chi connectivity index (χ0v) is 20.3. The Morgan fingerprint density at radius 2 is 1.91 bits per heavy atom. The van der Waals surface area contributed by atoms with Crippen LogP contribution in [0.3, 0.4) is 0 Å². The monoisotopic (exact) mass is 470 g/mol. The van der Waals surface area contributed by atoms with Gasteiger partial charge in [-0.05, 0) is 75.8 Å². The van der Waals surface area contributed by atoms with E-state index in [9.17, 15) is 4.79 Å². The van der Waals surface area contributed by atoms with Crippen LogP contribution in [-0.2, 0) is 11.2 Å². The van der Waals surface area contributed by atoms with Gasteiger partial charge >= 0.3 is 0 Å². The van der Waals surface area contributed by atoms with Gasteiger partial charge in [0.1, 0.15) is 5.02 Å². The summed E-state index contributed by atoms with van der Waals surface area (Å²) in [5.41, 5.74) is 3.32. The van der Waals surface area contributed by atoms with E-state index in [0.29, 0.717) is 23.7 Å². The first-order valence-corrected chi connectivity index (χ1v) is 12.9. The minimum Gasteiger partial charge on any atom is -0.382 e. The zero-order valence-electron chi connectivity index (χ0n) is 19.5. The average Bonchev–Trinajstić information content (AvgIpc) is 2.86. The Bertz CT molecular complexity index is 1010. The number of hydrogen-bond acceptors (Lipinski definition) is 5. The number of aromatic nitrogens is 2. The summed E-state index contributed by atoms with van der Waals surface area (Å²) in [7, 11) is 0. The molecule has 3 aliphatic rings. The van der Waals surface area contributed by atoms with Gasteiger partial charge in [-0.1, -0.05) is 29.8 Å². The van der Waals surface area contributed by atoms with Gasteiger partial charge in [-0.25, -0.2) is 4.68 Å². The number of ether oxygens (including phenoxy) is 1. The quantitative estimate of drug-likeness (QED) is 0.661. The fourth-order valence-corrected chi connectivity index (χ4v) is 6.11. The molecule has 1 aromatic heterocycles. The molecule has 1 aliphatic carbocycles. The molecule has 1 aromatic carbocycles. The van der Waals surface area contributed by atoms with Gasteiger partial charge in [-0.2, -0.15) is 5.10 Å². The summed E-state index contributed by atoms with van der Waals surface area (Å²) >= 11 is 6.49. The first kappa shape index (κ1) is 22.7. The maximum absolute atomic E-state index is 13.0. The highest BCUT2D eigenvalue weighted by Crippen LogP contribution is 2.38. The number of benzene rings is 1. The largest absolute Gasteiger partial charge is 0.382 e. The lowest BCUT2D eigenvalue weighted by Crippen LogP contribution is -2.47. The van der Waals surface area contributed by atoms with Gasteiger partial charge in [0.25, 0.3) is 5.56 Å². The van der Waals surface area contributed by atoms with Crippen molar-refractivity contribution in [2.75, 3.05) is 30.0 Å². The molecule has 5 rings (SSSR count). The van der Waals surface area contributed by atoms with Crippen LogP contribution in [0, 0.1) is 5.92 Å². The summed E-state index contributed by atoms with van der Waals surface area (Å²) in [5, 5.41) is 8.10. The molecule has 2 atom stereocenters. The molecular weight excluding hydrogens is 436 g/mol. The maximum Gasteiger partial charge on any atom is 0.287 e. The molecule has 6 nitrogen and oxygen atoms in total. The van der Waals surface area contributed by atoms with Crippen molar-refractivity contribution >= 4 is 23.0 Å². The standard InChI is InChI=1S/C26H35ClN4O2/c1-18-8-9-20-6-2-3-7-24(20)30(18)21-10-12-22(13-11-21)31-26(32)25(27)23(16-29-31)28-15-19-5-4-14-33-17-19/h2-3,6-7,16,18-19,21-22,28H,4-5,8-15,17H2,1H3/t18?,19-,21-,22+/m0/s1. The van der Waals surface area contributed by atoms with Gasteiger partial charge in [-0.3, -0.25) is 4.79 Å². The third kappa shape index (κ3) is 4.78. The predicted octanol–water partition coefficient (Wildman–Crippen LogP) is 5.06. The van der Waals surface area contributed by atoms with Crippen molar-refractivity contribution in [3.8, 4) is 0 Å². The Morgan fingerprint density at radius 1 is 1.12 bits per heavy atom. The smallest absolute Gasteiger partial charge is 0.287 e. The SMILES string of the molecule is CC1CCc2ccccc2N1[C@H]1CC[C@@H](n2ncc(NC[C@@H]3CCCOC3)c(Cl)c2=O)CC1. The number of rotatable bonds is 5. The molecule has 2 aromatic rings. The van der Waals surface area contributed by atoms with E-state index in [4.69, 9.17) is 16.3 Å². The van der Waals surface area contributed by atoms with Crippen LogP contribution in [0.2, 0.25) is 5.02 Å². The molecule has 2 aliphatic heterocycles. The van der Waals surface area contributed by atoms with E-state index in [0.717, 1.165) is 64.7 Å². The van der Waals surface area contributed by atoms with Crippen LogP contribution >= 0.6 is 11.6 Å². The fraction of sp³-hybridized carbons (Fsp3) is 0.615. The van der Waals surface area contributed by atoms with Crippen molar-refractivity contribution in [3.63, 3.8) is 0 Å². The van der Waals surface area contributed by atoms with E-state index in [1.54, 1.807) is 10.9 Å². The molecule has 0 radical (unpaired) electrons. The lowest BCUT2D eigenvalue weighted by molar-refractivity contribution is 0.0595. The van der Waals surface area contributed by atoms with Crippen LogP contribution in [-0.4, -0.2) is 41.6 Å². The topological polar surface area (TPSA) is 59.4 Å². The molecule has 2 fully saturated rings. The number of anilines is 2. The lowest BCUT2D eigenvalue weighted by atomic mass is 9.86. The summed E-state index contributed by atoms with van der Waals surface area (Å²) in [6.07, 6.45) is 10.3. The number of hydrogen-bond donors (Lipinski definition) is 1. The van der Waals surface area contributed by atoms with Crippen molar-refractivity contribution in [1.29, 1.82) is 0 Å². The van der Waals surface area contributed by atoms with Crippen molar-refractivity contribution in [3.05, 3.63) is 51.4 Å². The van der Waals surface area contributed by atoms with Gasteiger partial charge in [0.05, 0.1) is 24.5 Å². The third-order valence-corrected chi connectivity index (χ3v) is 8.13. The van der Waals surface area contributed by atoms with E-state index in [1.165, 1.54) is 17.7 Å². The fourth-order valence-electron chi connectivity index (χ4n) is 5.90. The first-order valence-electron chi connectivity index (χ1n) is 12.6. The number of para-hydroxylation sites is 1. The van der Waals surface area contributed by atoms with Crippen LogP contribution in [0.25, 0.3) is 0 Å². The van der Waals surface area contributed by atoms with Crippen molar-refractivity contribution < 1.29 is 4.74 Å². The summed E-state index contributed by atoms with van der Waals surface area (Å²) in [5.74, 6) is 0.454. The Balaban J connectivity index is 1.24. The van der Waals surface area contributed by atoms with Crippen molar-refractivity contribution in [2.24, 2.45) is 5.92 Å². The minimum atomic E-state index is -0.179. The van der Waals surface area contributed by atoms with Crippen molar-refractivity contribution in [1.82, 2.24) is 9.78 Å². The highest BCUT2D eigenvalue weighted by molar-refractivity contribution is 6.32. The molecule has 1 unspecified atom stereocenters. The molecule has 178 valence electrons. The van der Waals surface area contributed by atoms with Crippen LogP contribution in [0.1, 0.15) is 63.5 Å². The molecule has 0 spiro atoms. The van der Waals surface area contributed by atoms with E-state index in [-0.39, 0.29) is 16.6 Å². The summed E-state index contributed by atoms with van der Waals surface area (Å²) in [6, 6.07) is 10.0. The normalized spacial score (nSPS) is 27.8. The Hall–Kier alpha value is -2.05. The first-order chi connectivity index (χ1) is 16.1. The van der Waals surface area contributed by atoms with Gasteiger partial charge < -0.3 is 15.0 Å². The Kier molecular flexibility index (Phi) is 6.93. The molecular formula is C26H35ClN4O2. The van der Waals surface area contributed by atoms with Gasteiger partial charge in [-0.15, -0.1) is 0 Å². The Morgan fingerprint density at radius 3 is 2.70 bits per heavy atom. The predicted molar refractivity (Wildman–Crippen MR) is 134 cm³/mol. The van der Waals surface area contributed by atoms with E-state index >= 15 is 0 Å². The van der Waals surface area contributed by atoms with Crippen LogP contribution in [0.4, 0.5) is 11.4 Å². The summed E-state index contributed by atoms with van der Waals surface area (Å²) in [4.78, 5) is 15.7. The summed E-state index contributed by atoms with van der Waals surface area (Å²) in [6.45, 7) is 4.71.